The molecule has 0 saturated carbocycles. The molecule has 1 aromatic rings. The summed E-state index contributed by atoms with van der Waals surface area (Å²) in [6.45, 7) is 5.51. The molecule has 4 fully saturated rings. The van der Waals surface area contributed by atoms with Crippen LogP contribution < -0.4 is 15.4 Å². The van der Waals surface area contributed by atoms with Crippen LogP contribution in [0.4, 0.5) is 0 Å². The number of carbonyl (C=O) groups is 3. The van der Waals surface area contributed by atoms with Crippen LogP contribution in [0, 0.1) is 0 Å². The van der Waals surface area contributed by atoms with Gasteiger partial charge in [0.2, 0.25) is 17.7 Å². The average Bonchev–Trinajstić information content (AvgIpc) is 3.05. The van der Waals surface area contributed by atoms with Crippen molar-refractivity contribution >= 4 is 17.7 Å². The zero-order valence-electron chi connectivity index (χ0n) is 26.0. The molecule has 0 unspecified atom stereocenters. The van der Waals surface area contributed by atoms with Crippen molar-refractivity contribution in [3.05, 3.63) is 29.8 Å². The third kappa shape index (κ3) is 9.13. The van der Waals surface area contributed by atoms with Gasteiger partial charge in [0.1, 0.15) is 24.9 Å². The van der Waals surface area contributed by atoms with Gasteiger partial charge in [-0.05, 0) is 56.2 Å². The molecule has 4 heterocycles. The Morgan fingerprint density at radius 1 is 0.864 bits per heavy atom. The molecule has 244 valence electrons. The van der Waals surface area contributed by atoms with Gasteiger partial charge in [0.25, 0.3) is 0 Å². The van der Waals surface area contributed by atoms with Crippen molar-refractivity contribution in [2.75, 3.05) is 79.5 Å². The quantitative estimate of drug-likeness (QED) is 0.478. The van der Waals surface area contributed by atoms with E-state index in [2.05, 4.69) is 21.6 Å². The van der Waals surface area contributed by atoms with Crippen LogP contribution in [-0.4, -0.2) is 136 Å². The van der Waals surface area contributed by atoms with E-state index in [1.54, 1.807) is 16.9 Å². The number of nitrogens with one attached hydrogen (secondary N) is 2. The van der Waals surface area contributed by atoms with Crippen LogP contribution >= 0.6 is 0 Å². The molecule has 4 aliphatic heterocycles. The predicted octanol–water partition coefficient (Wildman–Crippen LogP) is 0.779. The Bertz CT molecular complexity index is 1090. The van der Waals surface area contributed by atoms with Gasteiger partial charge in [-0.1, -0.05) is 12.1 Å². The van der Waals surface area contributed by atoms with E-state index >= 15 is 0 Å². The Balaban J connectivity index is 1.25. The molecule has 2 atom stereocenters. The van der Waals surface area contributed by atoms with E-state index in [0.717, 1.165) is 70.7 Å². The van der Waals surface area contributed by atoms with Gasteiger partial charge < -0.3 is 39.4 Å². The summed E-state index contributed by atoms with van der Waals surface area (Å²) < 4.78 is 22.1. The first-order valence-electron chi connectivity index (χ1n) is 16.2. The lowest BCUT2D eigenvalue weighted by atomic mass is 9.94. The van der Waals surface area contributed by atoms with Gasteiger partial charge in [0.05, 0.1) is 26.9 Å². The second-order valence-electron chi connectivity index (χ2n) is 12.2. The van der Waals surface area contributed by atoms with Gasteiger partial charge in [-0.2, -0.15) is 0 Å². The molecule has 44 heavy (non-hydrogen) atoms. The summed E-state index contributed by atoms with van der Waals surface area (Å²) in [4.78, 5) is 46.6. The number of hydrogen-bond donors (Lipinski definition) is 2. The predicted molar refractivity (Wildman–Crippen MR) is 163 cm³/mol. The molecule has 0 aliphatic carbocycles. The third-order valence-electron chi connectivity index (χ3n) is 9.23. The van der Waals surface area contributed by atoms with E-state index < -0.39 is 6.04 Å². The lowest BCUT2D eigenvalue weighted by Crippen LogP contribution is -2.60. The number of rotatable bonds is 6. The molecule has 12 nitrogen and oxygen atoms in total. The van der Waals surface area contributed by atoms with E-state index in [0.29, 0.717) is 38.8 Å². The topological polar surface area (TPSA) is 122 Å². The SMILES string of the molecule is COc1cccc(CN2CCC(N3CC(=O)N4CC[C@@H](NC5CCOCC5)C[C@H]4C(=O)NCCOCCOCC3=O)CC2)c1. The van der Waals surface area contributed by atoms with Crippen LogP contribution in [0.25, 0.3) is 0 Å². The number of likely N-dealkylation sites (tertiary alicyclic amines) is 1. The number of amides is 3. The molecule has 2 N–H and O–H groups in total. The van der Waals surface area contributed by atoms with E-state index in [1.807, 2.05) is 18.2 Å². The number of carbonyl (C=O) groups excluding carboxylic acids is 3. The van der Waals surface area contributed by atoms with Gasteiger partial charge in [0.15, 0.2) is 0 Å². The summed E-state index contributed by atoms with van der Waals surface area (Å²) in [5.74, 6) is 0.281. The fourth-order valence-corrected chi connectivity index (χ4v) is 6.76. The maximum Gasteiger partial charge on any atom is 0.249 e. The largest absolute Gasteiger partial charge is 0.497 e. The Morgan fingerprint density at radius 2 is 1.64 bits per heavy atom. The first-order chi connectivity index (χ1) is 21.5. The zero-order chi connectivity index (χ0) is 30.7. The summed E-state index contributed by atoms with van der Waals surface area (Å²) in [6, 6.07) is 7.89. The van der Waals surface area contributed by atoms with Crippen molar-refractivity contribution in [2.45, 2.75) is 69.2 Å². The number of ether oxygens (including phenoxy) is 4. The van der Waals surface area contributed by atoms with Gasteiger partial charge in [-0.25, -0.2) is 0 Å². The fraction of sp³-hybridized carbons (Fsp3) is 0.719. The number of piperidine rings is 2. The molecule has 4 saturated heterocycles. The minimum atomic E-state index is -0.600. The Kier molecular flexibility index (Phi) is 12.2. The summed E-state index contributed by atoms with van der Waals surface area (Å²) in [5, 5.41) is 6.69. The molecule has 0 aromatic heterocycles. The standard InChI is InChI=1S/C32H49N5O7/c1-41-28-4-2-3-24(19-28)21-35-11-6-27(7-12-35)37-22-30(38)36-13-5-26(34-25-8-14-42-15-9-25)20-29(36)32(40)33-10-16-43-17-18-44-23-31(37)39/h2-4,19,25-27,29,34H,5-18,20-23H2,1H3,(H,33,40)/t26-,29+/m1/s1. The second-order valence-corrected chi connectivity index (χ2v) is 12.2. The maximum absolute atomic E-state index is 13.9. The van der Waals surface area contributed by atoms with Gasteiger partial charge in [0, 0.05) is 64.1 Å². The average molecular weight is 616 g/mol. The van der Waals surface area contributed by atoms with Crippen LogP contribution in [0.2, 0.25) is 0 Å². The highest BCUT2D eigenvalue weighted by Gasteiger charge is 2.39. The number of hydrogen-bond acceptors (Lipinski definition) is 9. The summed E-state index contributed by atoms with van der Waals surface area (Å²) in [7, 11) is 1.67. The highest BCUT2D eigenvalue weighted by Crippen LogP contribution is 2.24. The summed E-state index contributed by atoms with van der Waals surface area (Å²) in [5.41, 5.74) is 1.18. The molecule has 12 heteroatoms. The highest BCUT2D eigenvalue weighted by molar-refractivity contribution is 5.90. The Morgan fingerprint density at radius 3 is 2.43 bits per heavy atom. The van der Waals surface area contributed by atoms with E-state index in [-0.39, 0.29) is 49.6 Å². The van der Waals surface area contributed by atoms with Crippen molar-refractivity contribution in [3.8, 4) is 5.75 Å². The molecular weight excluding hydrogens is 566 g/mol. The van der Waals surface area contributed by atoms with E-state index in [9.17, 15) is 14.4 Å². The van der Waals surface area contributed by atoms with Crippen LogP contribution in [0.15, 0.2) is 24.3 Å². The minimum absolute atomic E-state index is 0.0545. The fourth-order valence-electron chi connectivity index (χ4n) is 6.76. The zero-order valence-corrected chi connectivity index (χ0v) is 26.0. The normalized spacial score (nSPS) is 26.4. The van der Waals surface area contributed by atoms with Crippen LogP contribution in [0.5, 0.6) is 5.75 Å². The number of benzene rings is 1. The molecule has 0 bridgehead atoms. The Labute approximate surface area is 260 Å². The third-order valence-corrected chi connectivity index (χ3v) is 9.23. The molecule has 0 spiro atoms. The monoisotopic (exact) mass is 615 g/mol. The van der Waals surface area contributed by atoms with Crippen LogP contribution in [0.3, 0.4) is 0 Å². The number of methoxy groups -OCH3 is 1. The molecule has 4 aliphatic rings. The number of fused-ring (bicyclic) bond motifs is 1. The van der Waals surface area contributed by atoms with Crippen LogP contribution in [0.1, 0.15) is 44.1 Å². The molecule has 5 rings (SSSR count). The maximum atomic E-state index is 13.9. The summed E-state index contributed by atoms with van der Waals surface area (Å²) >= 11 is 0. The van der Waals surface area contributed by atoms with E-state index in [1.165, 1.54) is 5.56 Å². The van der Waals surface area contributed by atoms with Crippen molar-refractivity contribution in [2.24, 2.45) is 0 Å². The number of nitrogens with zero attached hydrogens (tertiary/aromatic N) is 3. The second kappa shape index (κ2) is 16.5. The van der Waals surface area contributed by atoms with Crippen molar-refractivity contribution in [3.63, 3.8) is 0 Å². The molecule has 1 aromatic carbocycles. The highest BCUT2D eigenvalue weighted by atomic mass is 16.5. The molecule has 3 amide bonds. The minimum Gasteiger partial charge on any atom is -0.497 e. The van der Waals surface area contributed by atoms with Gasteiger partial charge >= 0.3 is 0 Å². The van der Waals surface area contributed by atoms with Crippen molar-refractivity contribution < 1.29 is 33.3 Å². The Hall–Kier alpha value is -2.77. The molecular formula is C32H49N5O7. The summed E-state index contributed by atoms with van der Waals surface area (Å²) in [6.07, 6.45) is 4.71. The van der Waals surface area contributed by atoms with Crippen LogP contribution in [-0.2, 0) is 35.1 Å². The molecule has 0 radical (unpaired) electrons. The van der Waals surface area contributed by atoms with Crippen molar-refractivity contribution in [1.29, 1.82) is 0 Å². The smallest absolute Gasteiger partial charge is 0.249 e. The van der Waals surface area contributed by atoms with Gasteiger partial charge in [-0.15, -0.1) is 0 Å². The lowest BCUT2D eigenvalue weighted by Gasteiger charge is -2.42. The lowest BCUT2D eigenvalue weighted by molar-refractivity contribution is -0.150. The first kappa shape index (κ1) is 32.6. The van der Waals surface area contributed by atoms with Crippen molar-refractivity contribution in [1.82, 2.24) is 25.3 Å². The van der Waals surface area contributed by atoms with Gasteiger partial charge in [-0.3, -0.25) is 19.3 Å². The first-order valence-corrected chi connectivity index (χ1v) is 16.2. The van der Waals surface area contributed by atoms with E-state index in [4.69, 9.17) is 18.9 Å².